The van der Waals surface area contributed by atoms with E-state index < -0.39 is 5.60 Å². The molecular weight excluding hydrogens is 568 g/mol. The van der Waals surface area contributed by atoms with Crippen molar-refractivity contribution < 1.29 is 14.6 Å². The van der Waals surface area contributed by atoms with Gasteiger partial charge in [-0.1, -0.05) is 6.07 Å². The summed E-state index contributed by atoms with van der Waals surface area (Å²) >= 11 is 0. The average Bonchev–Trinajstić information content (AvgIpc) is 3.49. The van der Waals surface area contributed by atoms with Crippen molar-refractivity contribution in [1.29, 1.82) is 5.26 Å². The van der Waals surface area contributed by atoms with Gasteiger partial charge in [0, 0.05) is 73.1 Å². The fourth-order valence-electron chi connectivity index (χ4n) is 6.16. The second-order valence-corrected chi connectivity index (χ2v) is 12.3. The van der Waals surface area contributed by atoms with Gasteiger partial charge in [0.25, 0.3) is 0 Å². The van der Waals surface area contributed by atoms with Gasteiger partial charge in [-0.25, -0.2) is 14.5 Å². The molecule has 3 saturated heterocycles. The smallest absolute Gasteiger partial charge is 0.212 e. The quantitative estimate of drug-likeness (QED) is 0.260. The Labute approximate surface area is 261 Å². The predicted molar refractivity (Wildman–Crippen MR) is 169 cm³/mol. The number of nitrogens with zero attached hydrogens (tertiary/aromatic N) is 8. The summed E-state index contributed by atoms with van der Waals surface area (Å²) in [7, 11) is 1.63. The molecule has 3 aliphatic heterocycles. The molecule has 0 aliphatic carbocycles. The van der Waals surface area contributed by atoms with Gasteiger partial charge >= 0.3 is 0 Å². The van der Waals surface area contributed by atoms with Crippen molar-refractivity contribution >= 4 is 11.3 Å². The zero-order valence-electron chi connectivity index (χ0n) is 25.5. The van der Waals surface area contributed by atoms with Crippen LogP contribution in [0.3, 0.4) is 0 Å². The summed E-state index contributed by atoms with van der Waals surface area (Å²) in [5.74, 6) is 2.15. The van der Waals surface area contributed by atoms with Gasteiger partial charge in [0.15, 0.2) is 0 Å². The van der Waals surface area contributed by atoms with Crippen LogP contribution in [0.4, 0.5) is 5.82 Å². The van der Waals surface area contributed by atoms with Gasteiger partial charge in [-0.05, 0) is 56.2 Å². The van der Waals surface area contributed by atoms with E-state index in [9.17, 15) is 10.4 Å². The van der Waals surface area contributed by atoms with Crippen LogP contribution in [0.15, 0.2) is 73.4 Å². The Bertz CT molecular complexity index is 1850. The van der Waals surface area contributed by atoms with Crippen LogP contribution >= 0.6 is 0 Å². The van der Waals surface area contributed by atoms with Crippen LogP contribution in [0, 0.1) is 11.3 Å². The number of piperazine rings is 1. The second-order valence-electron chi connectivity index (χ2n) is 12.3. The van der Waals surface area contributed by atoms with E-state index in [1.165, 1.54) is 12.0 Å². The Balaban J connectivity index is 1.10. The molecule has 228 valence electrons. The molecule has 5 aromatic rings. The van der Waals surface area contributed by atoms with Gasteiger partial charge in [-0.15, -0.1) is 0 Å². The minimum absolute atomic E-state index is 0.162. The lowest BCUT2D eigenvalue weighted by molar-refractivity contribution is -0.00876. The molecule has 11 heteroatoms. The van der Waals surface area contributed by atoms with Crippen LogP contribution in [0.2, 0.25) is 0 Å². The molecule has 0 amide bonds. The molecule has 45 heavy (non-hydrogen) atoms. The number of methoxy groups -OCH3 is 1. The fraction of sp³-hybridized carbons (Fsp3) is 0.324. The molecule has 0 saturated carbocycles. The van der Waals surface area contributed by atoms with Gasteiger partial charge in [-0.3, -0.25) is 9.88 Å². The van der Waals surface area contributed by atoms with Gasteiger partial charge < -0.3 is 19.5 Å². The number of hydrogen-bond donors (Lipinski definition) is 1. The van der Waals surface area contributed by atoms with Gasteiger partial charge in [0.2, 0.25) is 5.88 Å². The highest BCUT2D eigenvalue weighted by Crippen LogP contribution is 2.37. The van der Waals surface area contributed by atoms with Crippen LogP contribution in [0.1, 0.15) is 31.4 Å². The first kappa shape index (κ1) is 28.7. The van der Waals surface area contributed by atoms with E-state index in [4.69, 9.17) is 14.5 Å². The monoisotopic (exact) mass is 602 g/mol. The summed E-state index contributed by atoms with van der Waals surface area (Å²) in [4.78, 5) is 18.8. The maximum Gasteiger partial charge on any atom is 0.212 e. The SMILES string of the molecule is COc1ccc(CN2C3CC2CN(c2ccc(-c4cc(-c5ccc(OCC(C)(C)O)cn5)cn5ncc(C#N)c45)cn2)C3)cn1. The summed E-state index contributed by atoms with van der Waals surface area (Å²) in [6.07, 6.45) is 10.1. The first-order valence-electron chi connectivity index (χ1n) is 15.0. The summed E-state index contributed by atoms with van der Waals surface area (Å²) in [5.41, 5.74) is 4.79. The van der Waals surface area contributed by atoms with Crippen LogP contribution in [0.25, 0.3) is 27.9 Å². The standard InChI is InChI=1S/C34H34N8O3/c1-34(2,43)21-45-28-6-7-30(36-16-28)24-10-29(33-25(12-35)15-39-42(33)18-24)23-5-8-31(37-14-23)40-19-26-11-27(20-40)41(26)17-22-4-9-32(44-3)38-13-22/h4-10,13-16,18,26-27,43H,11,17,19-21H2,1-3H3. The Morgan fingerprint density at radius 2 is 1.82 bits per heavy atom. The van der Waals surface area contributed by atoms with E-state index >= 15 is 0 Å². The molecule has 5 aromatic heterocycles. The van der Waals surface area contributed by atoms with Crippen LogP contribution < -0.4 is 14.4 Å². The first-order chi connectivity index (χ1) is 21.8. The third-order valence-corrected chi connectivity index (χ3v) is 8.46. The highest BCUT2D eigenvalue weighted by atomic mass is 16.5. The van der Waals surface area contributed by atoms with Crippen LogP contribution in [0.5, 0.6) is 11.6 Å². The lowest BCUT2D eigenvalue weighted by Crippen LogP contribution is -2.68. The van der Waals surface area contributed by atoms with E-state index in [2.05, 4.69) is 49.1 Å². The third-order valence-electron chi connectivity index (χ3n) is 8.46. The number of anilines is 1. The Kier molecular flexibility index (Phi) is 7.31. The first-order valence-corrected chi connectivity index (χ1v) is 15.0. The zero-order chi connectivity index (χ0) is 31.1. The largest absolute Gasteiger partial charge is 0.489 e. The topological polar surface area (TPSA) is 125 Å². The summed E-state index contributed by atoms with van der Waals surface area (Å²) in [5, 5.41) is 24.2. The number of piperidine rings is 1. The predicted octanol–water partition coefficient (Wildman–Crippen LogP) is 4.35. The van der Waals surface area contributed by atoms with E-state index in [0.717, 1.165) is 53.4 Å². The summed E-state index contributed by atoms with van der Waals surface area (Å²) < 4.78 is 12.6. The maximum absolute atomic E-state index is 9.96. The molecule has 0 aromatic carbocycles. The average molecular weight is 603 g/mol. The fourth-order valence-corrected chi connectivity index (χ4v) is 6.16. The number of aliphatic hydroxyl groups is 1. The number of nitriles is 1. The van der Waals surface area contributed by atoms with Crippen LogP contribution in [-0.4, -0.2) is 79.1 Å². The molecule has 3 fully saturated rings. The number of hydrogen-bond acceptors (Lipinski definition) is 10. The Morgan fingerprint density at radius 1 is 0.978 bits per heavy atom. The van der Waals surface area contributed by atoms with Gasteiger partial charge in [0.05, 0.1) is 41.9 Å². The molecule has 11 nitrogen and oxygen atoms in total. The number of rotatable bonds is 9. The molecule has 3 aliphatic rings. The molecular formula is C34H34N8O3. The van der Waals surface area contributed by atoms with E-state index in [0.29, 0.717) is 29.3 Å². The highest BCUT2D eigenvalue weighted by molar-refractivity contribution is 5.87. The molecule has 0 spiro atoms. The van der Waals surface area contributed by atoms with Crippen molar-refractivity contribution in [2.24, 2.45) is 0 Å². The zero-order valence-corrected chi connectivity index (χ0v) is 25.5. The van der Waals surface area contributed by atoms with E-state index in [1.807, 2.05) is 42.9 Å². The Morgan fingerprint density at radius 3 is 2.47 bits per heavy atom. The normalized spacial score (nSPS) is 18.0. The molecule has 2 atom stereocenters. The minimum atomic E-state index is -0.939. The van der Waals surface area contributed by atoms with E-state index in [1.54, 1.807) is 37.9 Å². The molecule has 2 unspecified atom stereocenters. The Hall–Kier alpha value is -5.05. The molecule has 1 N–H and O–H groups in total. The molecule has 0 radical (unpaired) electrons. The van der Waals surface area contributed by atoms with Crippen molar-refractivity contribution in [2.45, 2.75) is 44.5 Å². The lowest BCUT2D eigenvalue weighted by atomic mass is 9.87. The summed E-state index contributed by atoms with van der Waals surface area (Å²) in [6.45, 7) is 6.28. The van der Waals surface area contributed by atoms with Crippen molar-refractivity contribution in [3.05, 3.63) is 84.6 Å². The van der Waals surface area contributed by atoms with Crippen LogP contribution in [-0.2, 0) is 6.54 Å². The molecule has 8 heterocycles. The van der Waals surface area contributed by atoms with Crippen molar-refractivity contribution in [3.8, 4) is 40.1 Å². The lowest BCUT2D eigenvalue weighted by Gasteiger charge is -2.56. The van der Waals surface area contributed by atoms with Gasteiger partial charge in [0.1, 0.15) is 24.2 Å². The highest BCUT2D eigenvalue weighted by Gasteiger charge is 2.44. The second kappa shape index (κ2) is 11.5. The van der Waals surface area contributed by atoms with Gasteiger partial charge in [-0.2, -0.15) is 10.4 Å². The van der Waals surface area contributed by atoms with E-state index in [-0.39, 0.29) is 6.61 Å². The summed E-state index contributed by atoms with van der Waals surface area (Å²) in [6, 6.07) is 17.1. The molecule has 2 bridgehead atoms. The van der Waals surface area contributed by atoms with Crippen molar-refractivity contribution in [2.75, 3.05) is 31.7 Å². The minimum Gasteiger partial charge on any atom is -0.489 e. The number of aromatic nitrogens is 5. The molecule has 8 rings (SSSR count). The number of pyridine rings is 4. The number of ether oxygens (including phenoxy) is 2. The van der Waals surface area contributed by atoms with Crippen molar-refractivity contribution in [1.82, 2.24) is 29.5 Å². The third kappa shape index (κ3) is 5.78. The maximum atomic E-state index is 9.96. The van der Waals surface area contributed by atoms with Crippen molar-refractivity contribution in [3.63, 3.8) is 0 Å². The number of fused-ring (bicyclic) bond motifs is 3.